The van der Waals surface area contributed by atoms with Crippen molar-refractivity contribution in [2.45, 2.75) is 12.6 Å². The summed E-state index contributed by atoms with van der Waals surface area (Å²) in [6.45, 7) is -0.156. The van der Waals surface area contributed by atoms with E-state index in [0.29, 0.717) is 5.69 Å². The molecule has 1 N–H and O–H groups in total. The highest BCUT2D eigenvalue weighted by molar-refractivity contribution is 5.36. The molecular formula is C7H8F3N3. The first kappa shape index (κ1) is 9.76. The smallest absolute Gasteiger partial charge is 0.382 e. The predicted octanol–water partition coefficient (Wildman–Crippen LogP) is 1.84. The summed E-state index contributed by atoms with van der Waals surface area (Å²) in [5, 5.41) is 2.56. The number of rotatable bonds is 3. The molecule has 72 valence electrons. The molecule has 0 unspecified atom stereocenters. The Bertz CT molecular complexity index is 247. The minimum atomic E-state index is -4.12. The van der Waals surface area contributed by atoms with Gasteiger partial charge < -0.3 is 5.32 Å². The van der Waals surface area contributed by atoms with Crippen LogP contribution in [-0.4, -0.2) is 22.7 Å². The molecule has 0 spiro atoms. The van der Waals surface area contributed by atoms with Crippen LogP contribution in [0.2, 0.25) is 0 Å². The van der Waals surface area contributed by atoms with Gasteiger partial charge in [0.05, 0.1) is 24.5 Å². The Morgan fingerprint density at radius 1 is 1.23 bits per heavy atom. The molecule has 6 heteroatoms. The van der Waals surface area contributed by atoms with E-state index >= 15 is 0 Å². The maximum atomic E-state index is 11.7. The fourth-order valence-corrected chi connectivity index (χ4v) is 0.739. The Labute approximate surface area is 73.0 Å². The molecule has 1 rings (SSSR count). The van der Waals surface area contributed by atoms with E-state index < -0.39 is 12.6 Å². The van der Waals surface area contributed by atoms with E-state index in [1.54, 1.807) is 0 Å². The van der Waals surface area contributed by atoms with E-state index in [0.717, 1.165) is 0 Å². The van der Waals surface area contributed by atoms with Crippen LogP contribution in [0.4, 0.5) is 18.9 Å². The van der Waals surface area contributed by atoms with Crippen LogP contribution in [-0.2, 0) is 0 Å². The van der Waals surface area contributed by atoms with E-state index in [-0.39, 0.29) is 6.54 Å². The zero-order valence-electron chi connectivity index (χ0n) is 6.67. The summed E-state index contributed by atoms with van der Waals surface area (Å²) >= 11 is 0. The Hall–Kier alpha value is -1.33. The van der Waals surface area contributed by atoms with Crippen LogP contribution in [0.3, 0.4) is 0 Å². The van der Waals surface area contributed by atoms with Gasteiger partial charge in [0, 0.05) is 6.54 Å². The summed E-state index contributed by atoms with van der Waals surface area (Å²) in [4.78, 5) is 7.29. The molecule has 0 saturated carbocycles. The van der Waals surface area contributed by atoms with E-state index in [1.807, 2.05) is 0 Å². The third-order valence-corrected chi connectivity index (χ3v) is 1.30. The minimum absolute atomic E-state index is 0.156. The number of halogens is 3. The Balaban J connectivity index is 2.29. The molecule has 1 heterocycles. The molecule has 13 heavy (non-hydrogen) atoms. The number of alkyl halides is 3. The predicted molar refractivity (Wildman–Crippen MR) is 41.2 cm³/mol. The Morgan fingerprint density at radius 2 is 1.85 bits per heavy atom. The largest absolute Gasteiger partial charge is 0.390 e. The standard InChI is InChI=1S/C7H8F3N3/c8-7(9,10)1-2-13-6-3-11-5-12-4-6/h3-5,13H,1-2H2. The van der Waals surface area contributed by atoms with Crippen molar-refractivity contribution in [3.63, 3.8) is 0 Å². The number of hydrogen-bond acceptors (Lipinski definition) is 3. The first-order valence-corrected chi connectivity index (χ1v) is 3.63. The van der Waals surface area contributed by atoms with Gasteiger partial charge in [0.2, 0.25) is 0 Å². The molecule has 0 aromatic carbocycles. The van der Waals surface area contributed by atoms with Crippen molar-refractivity contribution in [1.29, 1.82) is 0 Å². The number of hydrogen-bond donors (Lipinski definition) is 1. The van der Waals surface area contributed by atoms with Crippen molar-refractivity contribution in [1.82, 2.24) is 9.97 Å². The highest BCUT2D eigenvalue weighted by Crippen LogP contribution is 2.19. The number of nitrogens with one attached hydrogen (secondary N) is 1. The van der Waals surface area contributed by atoms with Crippen LogP contribution >= 0.6 is 0 Å². The van der Waals surface area contributed by atoms with Gasteiger partial charge in [0.1, 0.15) is 6.33 Å². The molecule has 0 amide bonds. The molecule has 0 saturated heterocycles. The van der Waals surface area contributed by atoms with E-state index in [2.05, 4.69) is 15.3 Å². The lowest BCUT2D eigenvalue weighted by Crippen LogP contribution is -2.14. The quantitative estimate of drug-likeness (QED) is 0.792. The van der Waals surface area contributed by atoms with Gasteiger partial charge in [-0.3, -0.25) is 0 Å². The molecule has 0 bridgehead atoms. The van der Waals surface area contributed by atoms with Crippen molar-refractivity contribution in [3.05, 3.63) is 18.7 Å². The van der Waals surface area contributed by atoms with Crippen LogP contribution in [0.15, 0.2) is 18.7 Å². The molecule has 1 aromatic rings. The van der Waals surface area contributed by atoms with Gasteiger partial charge in [-0.1, -0.05) is 0 Å². The van der Waals surface area contributed by atoms with Crippen LogP contribution in [0, 0.1) is 0 Å². The second-order valence-electron chi connectivity index (χ2n) is 2.42. The lowest BCUT2D eigenvalue weighted by atomic mass is 10.4. The zero-order chi connectivity index (χ0) is 9.73. The first-order chi connectivity index (χ1) is 6.08. The lowest BCUT2D eigenvalue weighted by Gasteiger charge is -2.07. The SMILES string of the molecule is FC(F)(F)CCNc1cncnc1. The van der Waals surface area contributed by atoms with Crippen LogP contribution < -0.4 is 5.32 Å². The Kier molecular flexibility index (Phi) is 3.05. The lowest BCUT2D eigenvalue weighted by molar-refractivity contribution is -0.131. The summed E-state index contributed by atoms with van der Waals surface area (Å²) < 4.78 is 35.1. The van der Waals surface area contributed by atoms with Crippen molar-refractivity contribution >= 4 is 5.69 Å². The molecular weight excluding hydrogens is 183 g/mol. The summed E-state index contributed by atoms with van der Waals surface area (Å²) in [5.41, 5.74) is 0.492. The average Bonchev–Trinajstić information content (AvgIpc) is 2.04. The van der Waals surface area contributed by atoms with Gasteiger partial charge in [0.15, 0.2) is 0 Å². The van der Waals surface area contributed by atoms with Crippen molar-refractivity contribution in [2.24, 2.45) is 0 Å². The summed E-state index contributed by atoms with van der Waals surface area (Å²) in [6, 6.07) is 0. The molecule has 0 fully saturated rings. The monoisotopic (exact) mass is 191 g/mol. The topological polar surface area (TPSA) is 37.8 Å². The van der Waals surface area contributed by atoms with Gasteiger partial charge in [-0.2, -0.15) is 13.2 Å². The van der Waals surface area contributed by atoms with E-state index in [9.17, 15) is 13.2 Å². The fourth-order valence-electron chi connectivity index (χ4n) is 0.739. The third-order valence-electron chi connectivity index (χ3n) is 1.30. The van der Waals surface area contributed by atoms with Crippen molar-refractivity contribution < 1.29 is 13.2 Å². The maximum Gasteiger partial charge on any atom is 0.390 e. The van der Waals surface area contributed by atoms with Gasteiger partial charge in [0.25, 0.3) is 0 Å². The summed E-state index contributed by atoms with van der Waals surface area (Å²) in [7, 11) is 0. The van der Waals surface area contributed by atoms with Crippen LogP contribution in [0.1, 0.15) is 6.42 Å². The van der Waals surface area contributed by atoms with Crippen LogP contribution in [0.25, 0.3) is 0 Å². The van der Waals surface area contributed by atoms with E-state index in [1.165, 1.54) is 18.7 Å². The fraction of sp³-hybridized carbons (Fsp3) is 0.429. The number of anilines is 1. The molecule has 0 radical (unpaired) electrons. The van der Waals surface area contributed by atoms with Crippen molar-refractivity contribution in [2.75, 3.05) is 11.9 Å². The zero-order valence-corrected chi connectivity index (χ0v) is 6.67. The molecule has 0 aliphatic rings. The molecule has 0 atom stereocenters. The second kappa shape index (κ2) is 4.06. The van der Waals surface area contributed by atoms with Gasteiger partial charge in [-0.05, 0) is 0 Å². The number of aromatic nitrogens is 2. The van der Waals surface area contributed by atoms with E-state index in [4.69, 9.17) is 0 Å². The maximum absolute atomic E-state index is 11.7. The normalized spacial score (nSPS) is 11.3. The van der Waals surface area contributed by atoms with Crippen molar-refractivity contribution in [3.8, 4) is 0 Å². The minimum Gasteiger partial charge on any atom is -0.382 e. The average molecular weight is 191 g/mol. The first-order valence-electron chi connectivity index (χ1n) is 3.63. The molecule has 3 nitrogen and oxygen atoms in total. The van der Waals surface area contributed by atoms with Gasteiger partial charge in [-0.25, -0.2) is 9.97 Å². The molecule has 0 aliphatic heterocycles. The third kappa shape index (κ3) is 4.29. The molecule has 1 aromatic heterocycles. The summed E-state index contributed by atoms with van der Waals surface area (Å²) in [6.07, 6.45) is -0.827. The highest BCUT2D eigenvalue weighted by atomic mass is 19.4. The van der Waals surface area contributed by atoms with Gasteiger partial charge in [-0.15, -0.1) is 0 Å². The van der Waals surface area contributed by atoms with Crippen LogP contribution in [0.5, 0.6) is 0 Å². The number of nitrogens with zero attached hydrogens (tertiary/aromatic N) is 2. The second-order valence-corrected chi connectivity index (χ2v) is 2.42. The van der Waals surface area contributed by atoms with Gasteiger partial charge >= 0.3 is 6.18 Å². The highest BCUT2D eigenvalue weighted by Gasteiger charge is 2.25. The summed E-state index contributed by atoms with van der Waals surface area (Å²) in [5.74, 6) is 0. The molecule has 0 aliphatic carbocycles. The Morgan fingerprint density at radius 3 is 2.38 bits per heavy atom.